The second kappa shape index (κ2) is 4.64. The van der Waals surface area contributed by atoms with Crippen LogP contribution in [-0.2, 0) is 11.2 Å². The van der Waals surface area contributed by atoms with Gasteiger partial charge in [0.25, 0.3) is 5.88 Å². The highest BCUT2D eigenvalue weighted by Crippen LogP contribution is 2.20. The maximum absolute atomic E-state index is 10.3. The number of hydrogen-bond donors (Lipinski definition) is 1. The zero-order chi connectivity index (χ0) is 10.6. The van der Waals surface area contributed by atoms with Gasteiger partial charge in [0.2, 0.25) is 0 Å². The fraction of sp³-hybridized carbons (Fsp3) is 0.556. The molecule has 0 radical (unpaired) electrons. The summed E-state index contributed by atoms with van der Waals surface area (Å²) < 4.78 is 9.93. The van der Waals surface area contributed by atoms with Gasteiger partial charge in [0.15, 0.2) is 0 Å². The fourth-order valence-electron chi connectivity index (χ4n) is 1.18. The van der Waals surface area contributed by atoms with Crippen LogP contribution in [0, 0.1) is 6.92 Å². The molecule has 0 amide bonds. The molecule has 1 aromatic heterocycles. The van der Waals surface area contributed by atoms with Gasteiger partial charge in [0.1, 0.15) is 5.76 Å². The van der Waals surface area contributed by atoms with E-state index in [1.807, 2.05) is 6.92 Å². The van der Waals surface area contributed by atoms with E-state index >= 15 is 0 Å². The first-order valence-corrected chi connectivity index (χ1v) is 4.36. The molecule has 0 saturated carbocycles. The van der Waals surface area contributed by atoms with Gasteiger partial charge in [0, 0.05) is 12.8 Å². The Morgan fingerprint density at radius 1 is 1.64 bits per heavy atom. The lowest BCUT2D eigenvalue weighted by Crippen LogP contribution is -1.96. The highest BCUT2D eigenvalue weighted by molar-refractivity contribution is 5.66. The van der Waals surface area contributed by atoms with Gasteiger partial charge in [-0.15, -0.1) is 0 Å². The first-order chi connectivity index (χ1) is 6.65. The van der Waals surface area contributed by atoms with Gasteiger partial charge in [-0.3, -0.25) is 4.79 Å². The third-order valence-corrected chi connectivity index (χ3v) is 1.97. The molecule has 1 heterocycles. The quantitative estimate of drug-likeness (QED) is 0.775. The highest BCUT2D eigenvalue weighted by atomic mass is 16.5. The summed E-state index contributed by atoms with van der Waals surface area (Å²) in [6.45, 7) is 1.84. The Hall–Kier alpha value is -1.52. The molecular weight excluding hydrogens is 186 g/mol. The van der Waals surface area contributed by atoms with Crippen molar-refractivity contribution >= 4 is 5.97 Å². The van der Waals surface area contributed by atoms with E-state index in [9.17, 15) is 4.79 Å². The molecule has 1 aromatic rings. The van der Waals surface area contributed by atoms with Crippen molar-refractivity contribution < 1.29 is 19.2 Å². The molecule has 0 aliphatic carbocycles. The fourth-order valence-corrected chi connectivity index (χ4v) is 1.18. The monoisotopic (exact) mass is 199 g/mol. The average molecular weight is 199 g/mol. The van der Waals surface area contributed by atoms with E-state index in [0.29, 0.717) is 24.5 Å². The molecule has 5 nitrogen and oxygen atoms in total. The van der Waals surface area contributed by atoms with Crippen molar-refractivity contribution in [2.45, 2.75) is 26.2 Å². The Morgan fingerprint density at radius 2 is 2.36 bits per heavy atom. The molecular formula is C9H13NO4. The number of carbonyl (C=O) groups is 1. The second-order valence-corrected chi connectivity index (χ2v) is 2.99. The van der Waals surface area contributed by atoms with Gasteiger partial charge in [-0.25, -0.2) is 0 Å². The van der Waals surface area contributed by atoms with Crippen molar-refractivity contribution in [3.05, 3.63) is 11.3 Å². The summed E-state index contributed by atoms with van der Waals surface area (Å²) in [7, 11) is 1.52. The van der Waals surface area contributed by atoms with Crippen molar-refractivity contribution in [2.75, 3.05) is 7.11 Å². The Morgan fingerprint density at radius 3 is 2.86 bits per heavy atom. The van der Waals surface area contributed by atoms with Gasteiger partial charge in [-0.1, -0.05) is 0 Å². The zero-order valence-corrected chi connectivity index (χ0v) is 8.24. The summed E-state index contributed by atoms with van der Waals surface area (Å²) in [5, 5.41) is 12.1. The molecule has 0 atom stereocenters. The lowest BCUT2D eigenvalue weighted by Gasteiger charge is -1.95. The van der Waals surface area contributed by atoms with Crippen LogP contribution in [0.4, 0.5) is 0 Å². The van der Waals surface area contributed by atoms with E-state index in [2.05, 4.69) is 5.16 Å². The Balaban J connectivity index is 2.50. The van der Waals surface area contributed by atoms with Crippen molar-refractivity contribution in [3.63, 3.8) is 0 Å². The summed E-state index contributed by atoms with van der Waals surface area (Å²) in [4.78, 5) is 10.3. The van der Waals surface area contributed by atoms with Crippen LogP contribution >= 0.6 is 0 Å². The summed E-state index contributed by atoms with van der Waals surface area (Å²) in [5.74, 6) is 0.368. The van der Waals surface area contributed by atoms with Crippen LogP contribution < -0.4 is 4.74 Å². The van der Waals surface area contributed by atoms with Crippen LogP contribution in [0.3, 0.4) is 0 Å². The molecule has 14 heavy (non-hydrogen) atoms. The highest BCUT2D eigenvalue weighted by Gasteiger charge is 2.11. The Kier molecular flexibility index (Phi) is 3.50. The molecule has 0 fully saturated rings. The largest absolute Gasteiger partial charge is 0.481 e. The van der Waals surface area contributed by atoms with Gasteiger partial charge >= 0.3 is 5.97 Å². The molecule has 5 heteroatoms. The van der Waals surface area contributed by atoms with Gasteiger partial charge < -0.3 is 14.4 Å². The predicted molar refractivity (Wildman–Crippen MR) is 48.4 cm³/mol. The number of aryl methyl sites for hydroxylation is 1. The van der Waals surface area contributed by atoms with E-state index in [1.165, 1.54) is 7.11 Å². The number of aromatic nitrogens is 1. The van der Waals surface area contributed by atoms with E-state index in [0.717, 1.165) is 5.56 Å². The minimum absolute atomic E-state index is 0.141. The number of nitrogens with zero attached hydrogens (tertiary/aromatic N) is 1. The van der Waals surface area contributed by atoms with Crippen LogP contribution in [0.25, 0.3) is 0 Å². The second-order valence-electron chi connectivity index (χ2n) is 2.99. The third-order valence-electron chi connectivity index (χ3n) is 1.97. The lowest BCUT2D eigenvalue weighted by molar-refractivity contribution is -0.137. The first kappa shape index (κ1) is 10.6. The topological polar surface area (TPSA) is 72.6 Å². The van der Waals surface area contributed by atoms with Crippen LogP contribution in [0.15, 0.2) is 4.52 Å². The van der Waals surface area contributed by atoms with E-state index in [1.54, 1.807) is 0 Å². The molecule has 0 aliphatic heterocycles. The summed E-state index contributed by atoms with van der Waals surface area (Å²) in [6.07, 6.45) is 1.27. The first-order valence-electron chi connectivity index (χ1n) is 4.36. The number of carboxylic acid groups (broad SMARTS) is 1. The molecule has 0 unspecified atom stereocenters. The minimum Gasteiger partial charge on any atom is -0.481 e. The Bertz CT molecular complexity index is 319. The van der Waals surface area contributed by atoms with Crippen molar-refractivity contribution in [1.82, 2.24) is 5.16 Å². The van der Waals surface area contributed by atoms with E-state index in [-0.39, 0.29) is 6.42 Å². The lowest BCUT2D eigenvalue weighted by atomic mass is 10.1. The SMILES string of the molecule is COc1noc(CCCC(=O)O)c1C. The van der Waals surface area contributed by atoms with Crippen LogP contribution in [0.1, 0.15) is 24.2 Å². The van der Waals surface area contributed by atoms with Gasteiger partial charge in [-0.2, -0.15) is 0 Å². The minimum atomic E-state index is -0.797. The average Bonchev–Trinajstić information content (AvgIpc) is 2.47. The van der Waals surface area contributed by atoms with Crippen molar-refractivity contribution in [3.8, 4) is 5.88 Å². The number of rotatable bonds is 5. The number of aliphatic carboxylic acids is 1. The molecule has 1 rings (SSSR count). The maximum atomic E-state index is 10.3. The smallest absolute Gasteiger partial charge is 0.303 e. The van der Waals surface area contributed by atoms with Crippen LogP contribution in [-0.4, -0.2) is 23.3 Å². The Labute approximate surface area is 81.7 Å². The number of hydrogen-bond acceptors (Lipinski definition) is 4. The third kappa shape index (κ3) is 2.48. The van der Waals surface area contributed by atoms with Crippen molar-refractivity contribution in [2.24, 2.45) is 0 Å². The number of ether oxygens (including phenoxy) is 1. The van der Waals surface area contributed by atoms with E-state index in [4.69, 9.17) is 14.4 Å². The molecule has 0 aliphatic rings. The van der Waals surface area contributed by atoms with Crippen LogP contribution in [0.2, 0.25) is 0 Å². The van der Waals surface area contributed by atoms with Crippen molar-refractivity contribution in [1.29, 1.82) is 0 Å². The van der Waals surface area contributed by atoms with Crippen LogP contribution in [0.5, 0.6) is 5.88 Å². The molecule has 0 spiro atoms. The zero-order valence-electron chi connectivity index (χ0n) is 8.24. The molecule has 1 N–H and O–H groups in total. The summed E-state index contributed by atoms with van der Waals surface area (Å²) in [6, 6.07) is 0. The molecule has 0 saturated heterocycles. The standard InChI is InChI=1S/C9H13NO4/c1-6-7(4-3-5-8(11)12)14-10-9(6)13-2/h3-5H2,1-2H3,(H,11,12). The predicted octanol–water partition coefficient (Wildman–Crippen LogP) is 1.40. The normalized spacial score (nSPS) is 10.1. The summed E-state index contributed by atoms with van der Waals surface area (Å²) >= 11 is 0. The summed E-state index contributed by atoms with van der Waals surface area (Å²) in [5.41, 5.74) is 0.845. The number of methoxy groups -OCH3 is 1. The van der Waals surface area contributed by atoms with Gasteiger partial charge in [0.05, 0.1) is 12.7 Å². The maximum Gasteiger partial charge on any atom is 0.303 e. The number of carboxylic acids is 1. The molecule has 0 bridgehead atoms. The molecule has 78 valence electrons. The van der Waals surface area contributed by atoms with Gasteiger partial charge in [-0.05, 0) is 18.5 Å². The molecule has 0 aromatic carbocycles. The van der Waals surface area contributed by atoms with E-state index < -0.39 is 5.97 Å².